The fourth-order valence-corrected chi connectivity index (χ4v) is 7.21. The lowest BCUT2D eigenvalue weighted by Gasteiger charge is -2.28. The van der Waals surface area contributed by atoms with Crippen molar-refractivity contribution < 1.29 is 50.4 Å². The number of methoxy groups -OCH3 is 2. The molecule has 12 nitrogen and oxygen atoms in total. The standard InChI is InChI=1S/C23H39NO11Si2/c1-28-22(26)19-15-18(16-20(17-19)23(27)29-2)21(25)24(11-9-13-36(30-3,31-4)32-5)12-10-14-37(33-6,34-7)35-8/h15-17H,9-14H2,1-8H3. The summed E-state index contributed by atoms with van der Waals surface area (Å²) >= 11 is 0. The zero-order chi connectivity index (χ0) is 28.1. The summed E-state index contributed by atoms with van der Waals surface area (Å²) in [5.41, 5.74) is 0.261. The summed E-state index contributed by atoms with van der Waals surface area (Å²) in [6.07, 6.45) is 1.05. The van der Waals surface area contributed by atoms with E-state index in [1.165, 1.54) is 75.1 Å². The Morgan fingerprint density at radius 2 is 0.919 bits per heavy atom. The number of carbonyl (C=O) groups is 3. The highest BCUT2D eigenvalue weighted by Gasteiger charge is 2.38. The minimum atomic E-state index is -2.85. The summed E-state index contributed by atoms with van der Waals surface area (Å²) in [6.45, 7) is 0.669. The van der Waals surface area contributed by atoms with Gasteiger partial charge in [-0.2, -0.15) is 0 Å². The average Bonchev–Trinajstić information content (AvgIpc) is 2.95. The van der Waals surface area contributed by atoms with Crippen LogP contribution in [0.15, 0.2) is 18.2 Å². The molecule has 0 heterocycles. The molecular formula is C23H39NO11Si2. The lowest BCUT2D eigenvalue weighted by molar-refractivity contribution is 0.0598. The van der Waals surface area contributed by atoms with Crippen LogP contribution in [0.4, 0.5) is 0 Å². The molecule has 0 bridgehead atoms. The Hall–Kier alpha value is -2.18. The Bertz CT molecular complexity index is 815. The van der Waals surface area contributed by atoms with E-state index >= 15 is 0 Å². The molecular weight excluding hydrogens is 522 g/mol. The van der Waals surface area contributed by atoms with Crippen molar-refractivity contribution in [1.29, 1.82) is 0 Å². The van der Waals surface area contributed by atoms with Crippen molar-refractivity contribution in [1.82, 2.24) is 4.90 Å². The molecule has 0 aromatic heterocycles. The highest BCUT2D eigenvalue weighted by atomic mass is 28.4. The topological polar surface area (TPSA) is 128 Å². The van der Waals surface area contributed by atoms with Crippen molar-refractivity contribution in [3.8, 4) is 0 Å². The number of hydrogen-bond acceptors (Lipinski definition) is 11. The van der Waals surface area contributed by atoms with E-state index in [0.29, 0.717) is 38.0 Å². The van der Waals surface area contributed by atoms with Gasteiger partial charge < -0.3 is 40.9 Å². The number of esters is 2. The molecule has 0 aliphatic heterocycles. The molecule has 0 fully saturated rings. The van der Waals surface area contributed by atoms with Crippen LogP contribution >= 0.6 is 0 Å². The zero-order valence-electron chi connectivity index (χ0n) is 22.9. The molecule has 0 saturated carbocycles. The van der Waals surface area contributed by atoms with Gasteiger partial charge in [0.2, 0.25) is 0 Å². The second-order valence-corrected chi connectivity index (χ2v) is 14.1. The summed E-state index contributed by atoms with van der Waals surface area (Å²) in [6, 6.07) is 5.06. The Labute approximate surface area is 220 Å². The van der Waals surface area contributed by atoms with Crippen molar-refractivity contribution in [3.63, 3.8) is 0 Å². The van der Waals surface area contributed by atoms with E-state index in [1.807, 2.05) is 0 Å². The van der Waals surface area contributed by atoms with Gasteiger partial charge in [0, 0.05) is 73.4 Å². The third-order valence-electron chi connectivity index (χ3n) is 6.00. The van der Waals surface area contributed by atoms with Crippen LogP contribution in [0.3, 0.4) is 0 Å². The van der Waals surface area contributed by atoms with Crippen LogP contribution in [0.2, 0.25) is 12.1 Å². The summed E-state index contributed by atoms with van der Waals surface area (Å²) in [4.78, 5) is 39.7. The Morgan fingerprint density at radius 3 is 1.22 bits per heavy atom. The number of amides is 1. The van der Waals surface area contributed by atoms with Gasteiger partial charge in [-0.15, -0.1) is 0 Å². The highest BCUT2D eigenvalue weighted by molar-refractivity contribution is 6.60. The van der Waals surface area contributed by atoms with Crippen LogP contribution in [-0.2, 0) is 36.0 Å². The Balaban J connectivity index is 3.28. The minimum Gasteiger partial charge on any atom is -0.465 e. The normalized spacial score (nSPS) is 11.8. The Kier molecular flexibility index (Phi) is 14.1. The third-order valence-corrected chi connectivity index (χ3v) is 11.7. The maximum Gasteiger partial charge on any atom is 0.500 e. The molecule has 0 atom stereocenters. The smallest absolute Gasteiger partial charge is 0.465 e. The first-order valence-corrected chi connectivity index (χ1v) is 15.4. The Morgan fingerprint density at radius 1 is 0.595 bits per heavy atom. The first kappa shape index (κ1) is 32.9. The van der Waals surface area contributed by atoms with Crippen molar-refractivity contribution >= 4 is 35.5 Å². The number of ether oxygens (including phenoxy) is 2. The van der Waals surface area contributed by atoms with Gasteiger partial charge >= 0.3 is 29.5 Å². The second kappa shape index (κ2) is 15.9. The predicted molar refractivity (Wildman–Crippen MR) is 137 cm³/mol. The van der Waals surface area contributed by atoms with Crippen LogP contribution < -0.4 is 0 Å². The van der Waals surface area contributed by atoms with Crippen LogP contribution in [-0.4, -0.2) is 110 Å². The molecule has 14 heteroatoms. The number of hydrogen-bond donors (Lipinski definition) is 0. The lowest BCUT2D eigenvalue weighted by Crippen LogP contribution is -2.44. The first-order valence-electron chi connectivity index (χ1n) is 11.6. The van der Waals surface area contributed by atoms with Gasteiger partial charge in [0.05, 0.1) is 25.3 Å². The van der Waals surface area contributed by atoms with E-state index in [9.17, 15) is 14.4 Å². The lowest BCUT2D eigenvalue weighted by atomic mass is 10.0. The molecule has 0 aliphatic carbocycles. The second-order valence-electron chi connectivity index (χ2n) is 7.87. The van der Waals surface area contributed by atoms with E-state index in [0.717, 1.165) is 0 Å². The molecule has 0 aliphatic rings. The number of rotatable bonds is 17. The van der Waals surface area contributed by atoms with E-state index in [4.69, 9.17) is 36.0 Å². The molecule has 210 valence electrons. The van der Waals surface area contributed by atoms with E-state index in [2.05, 4.69) is 0 Å². The van der Waals surface area contributed by atoms with Gasteiger partial charge in [0.25, 0.3) is 5.91 Å². The average molecular weight is 562 g/mol. The van der Waals surface area contributed by atoms with Crippen LogP contribution in [0, 0.1) is 0 Å². The first-order chi connectivity index (χ1) is 17.6. The van der Waals surface area contributed by atoms with Gasteiger partial charge in [0.15, 0.2) is 0 Å². The van der Waals surface area contributed by atoms with Crippen LogP contribution in [0.5, 0.6) is 0 Å². The van der Waals surface area contributed by atoms with Gasteiger partial charge in [-0.1, -0.05) is 0 Å². The third kappa shape index (κ3) is 8.96. The van der Waals surface area contributed by atoms with Gasteiger partial charge in [-0.05, 0) is 31.0 Å². The van der Waals surface area contributed by atoms with Crippen molar-refractivity contribution in [2.75, 3.05) is 70.0 Å². The molecule has 1 aromatic carbocycles. The van der Waals surface area contributed by atoms with Crippen molar-refractivity contribution in [2.45, 2.75) is 24.9 Å². The molecule has 1 amide bonds. The molecule has 0 spiro atoms. The highest BCUT2D eigenvalue weighted by Crippen LogP contribution is 2.20. The molecule has 1 rings (SSSR count). The molecule has 0 radical (unpaired) electrons. The fraction of sp³-hybridized carbons (Fsp3) is 0.609. The largest absolute Gasteiger partial charge is 0.500 e. The maximum atomic E-state index is 13.7. The molecule has 0 unspecified atom stereocenters. The van der Waals surface area contributed by atoms with Crippen molar-refractivity contribution in [2.24, 2.45) is 0 Å². The van der Waals surface area contributed by atoms with E-state index in [1.54, 1.807) is 4.90 Å². The molecule has 0 saturated heterocycles. The fourth-order valence-electron chi connectivity index (χ4n) is 3.81. The molecule has 0 N–H and O–H groups in total. The minimum absolute atomic E-state index is 0.0582. The van der Waals surface area contributed by atoms with E-state index < -0.39 is 29.5 Å². The van der Waals surface area contributed by atoms with Crippen molar-refractivity contribution in [3.05, 3.63) is 34.9 Å². The zero-order valence-corrected chi connectivity index (χ0v) is 24.9. The number of carbonyl (C=O) groups excluding carboxylic acids is 3. The summed E-state index contributed by atoms with van der Waals surface area (Å²) in [5, 5.41) is 0. The van der Waals surface area contributed by atoms with Gasteiger partial charge in [0.1, 0.15) is 0 Å². The summed E-state index contributed by atoms with van der Waals surface area (Å²) in [5.74, 6) is -1.74. The predicted octanol–water partition coefficient (Wildman–Crippen LogP) is 2.24. The monoisotopic (exact) mass is 561 g/mol. The maximum absolute atomic E-state index is 13.7. The number of benzene rings is 1. The molecule has 37 heavy (non-hydrogen) atoms. The van der Waals surface area contributed by atoms with Crippen LogP contribution in [0.1, 0.15) is 43.9 Å². The quantitative estimate of drug-likeness (QED) is 0.205. The SMILES string of the molecule is COC(=O)c1cc(C(=O)OC)cc(C(=O)N(CCC[Si](OC)(OC)OC)CCC[Si](OC)(OC)OC)c1. The number of nitrogens with zero attached hydrogens (tertiary/aromatic N) is 1. The van der Waals surface area contributed by atoms with Gasteiger partial charge in [-0.3, -0.25) is 4.79 Å². The van der Waals surface area contributed by atoms with Crippen LogP contribution in [0.25, 0.3) is 0 Å². The van der Waals surface area contributed by atoms with Gasteiger partial charge in [-0.25, -0.2) is 9.59 Å². The van der Waals surface area contributed by atoms with E-state index in [-0.39, 0.29) is 22.6 Å². The molecule has 1 aromatic rings. The summed E-state index contributed by atoms with van der Waals surface area (Å²) in [7, 11) is 5.90. The summed E-state index contributed by atoms with van der Waals surface area (Å²) < 4.78 is 42.5.